The summed E-state index contributed by atoms with van der Waals surface area (Å²) < 4.78 is 0. The molecule has 4 rings (SSSR count). The number of nitrogens with zero attached hydrogens (tertiary/aromatic N) is 3. The Bertz CT molecular complexity index is 943. The van der Waals surface area contributed by atoms with Crippen molar-refractivity contribution in [2.45, 2.75) is 18.8 Å². The van der Waals surface area contributed by atoms with Gasteiger partial charge in [-0.05, 0) is 58.6 Å². The van der Waals surface area contributed by atoms with Crippen molar-refractivity contribution in [3.63, 3.8) is 0 Å². The number of nitrogens with one attached hydrogen (secondary N) is 2. The van der Waals surface area contributed by atoms with Gasteiger partial charge in [0.1, 0.15) is 0 Å². The molecule has 4 aromatic rings. The Morgan fingerprint density at radius 2 is 1.96 bits per heavy atom. The molecule has 0 spiro atoms. The van der Waals surface area contributed by atoms with E-state index in [4.69, 9.17) is 5.73 Å². The van der Waals surface area contributed by atoms with Gasteiger partial charge in [-0.25, -0.2) is 5.10 Å². The Kier molecular flexibility index (Phi) is 4.26. The Morgan fingerprint density at radius 1 is 1.08 bits per heavy atom. The SMILES string of the molecule is NCCc1c[nH]c2ccc(C(Cc3ccccc3)c3nnn[nH]3)cc12. The van der Waals surface area contributed by atoms with E-state index in [1.54, 1.807) is 0 Å². The Balaban J connectivity index is 1.76. The largest absolute Gasteiger partial charge is 0.361 e. The fourth-order valence-electron chi connectivity index (χ4n) is 3.31. The molecule has 1 unspecified atom stereocenters. The number of tetrazole rings is 1. The van der Waals surface area contributed by atoms with E-state index in [0.717, 1.165) is 24.2 Å². The van der Waals surface area contributed by atoms with Crippen molar-refractivity contribution in [2.24, 2.45) is 5.73 Å². The van der Waals surface area contributed by atoms with Crippen LogP contribution in [-0.4, -0.2) is 32.2 Å². The minimum atomic E-state index is 0.0717. The molecule has 6 heteroatoms. The van der Waals surface area contributed by atoms with Crippen LogP contribution < -0.4 is 5.73 Å². The van der Waals surface area contributed by atoms with Crippen molar-refractivity contribution in [3.05, 3.63) is 77.2 Å². The van der Waals surface area contributed by atoms with Crippen LogP contribution in [-0.2, 0) is 12.8 Å². The second kappa shape index (κ2) is 6.86. The van der Waals surface area contributed by atoms with Gasteiger partial charge in [-0.1, -0.05) is 36.4 Å². The highest BCUT2D eigenvalue weighted by Crippen LogP contribution is 2.29. The number of rotatable bonds is 6. The minimum absolute atomic E-state index is 0.0717. The zero-order chi connectivity index (χ0) is 17.1. The maximum absolute atomic E-state index is 5.74. The van der Waals surface area contributed by atoms with Crippen LogP contribution in [0.4, 0.5) is 0 Å². The maximum atomic E-state index is 5.74. The number of hydrogen-bond acceptors (Lipinski definition) is 4. The second-order valence-corrected chi connectivity index (χ2v) is 6.19. The monoisotopic (exact) mass is 332 g/mol. The van der Waals surface area contributed by atoms with Crippen molar-refractivity contribution in [1.29, 1.82) is 0 Å². The molecule has 0 aliphatic rings. The molecule has 1 atom stereocenters. The Hall–Kier alpha value is -2.99. The second-order valence-electron chi connectivity index (χ2n) is 6.19. The van der Waals surface area contributed by atoms with Crippen molar-refractivity contribution < 1.29 is 0 Å². The van der Waals surface area contributed by atoms with Crippen LogP contribution >= 0.6 is 0 Å². The van der Waals surface area contributed by atoms with Crippen LogP contribution in [0, 0.1) is 0 Å². The van der Waals surface area contributed by atoms with Crippen molar-refractivity contribution in [1.82, 2.24) is 25.6 Å². The summed E-state index contributed by atoms with van der Waals surface area (Å²) in [5, 5.41) is 15.9. The molecule has 0 radical (unpaired) electrons. The van der Waals surface area contributed by atoms with Crippen molar-refractivity contribution in [3.8, 4) is 0 Å². The smallest absolute Gasteiger partial charge is 0.156 e. The lowest BCUT2D eigenvalue weighted by molar-refractivity contribution is 0.741. The van der Waals surface area contributed by atoms with E-state index in [-0.39, 0.29) is 5.92 Å². The van der Waals surface area contributed by atoms with Gasteiger partial charge < -0.3 is 10.7 Å². The number of fused-ring (bicyclic) bond motifs is 1. The number of H-pyrrole nitrogens is 2. The molecule has 0 aliphatic carbocycles. The number of hydrogen-bond donors (Lipinski definition) is 3. The molecule has 0 bridgehead atoms. The lowest BCUT2D eigenvalue weighted by Crippen LogP contribution is -2.08. The van der Waals surface area contributed by atoms with Crippen LogP contribution in [0.3, 0.4) is 0 Å². The number of aromatic amines is 2. The number of aromatic nitrogens is 5. The first-order valence-corrected chi connectivity index (χ1v) is 8.42. The lowest BCUT2D eigenvalue weighted by Gasteiger charge is -2.15. The molecule has 4 N–H and O–H groups in total. The van der Waals surface area contributed by atoms with E-state index < -0.39 is 0 Å². The first-order valence-electron chi connectivity index (χ1n) is 8.42. The first-order chi connectivity index (χ1) is 12.3. The molecule has 0 amide bonds. The average molecular weight is 332 g/mol. The van der Waals surface area contributed by atoms with Crippen LogP contribution in [0.2, 0.25) is 0 Å². The van der Waals surface area contributed by atoms with E-state index in [1.807, 2.05) is 12.3 Å². The van der Waals surface area contributed by atoms with Crippen LogP contribution in [0.25, 0.3) is 10.9 Å². The number of benzene rings is 2. The Labute approximate surface area is 145 Å². The van der Waals surface area contributed by atoms with Gasteiger partial charge in [-0.2, -0.15) is 0 Å². The van der Waals surface area contributed by atoms with Crippen LogP contribution in [0.1, 0.15) is 28.4 Å². The highest BCUT2D eigenvalue weighted by molar-refractivity contribution is 5.84. The van der Waals surface area contributed by atoms with E-state index in [0.29, 0.717) is 6.54 Å². The summed E-state index contributed by atoms with van der Waals surface area (Å²) in [5.74, 6) is 0.849. The summed E-state index contributed by atoms with van der Waals surface area (Å²) in [4.78, 5) is 3.32. The molecule has 0 fully saturated rings. The van der Waals surface area contributed by atoms with Crippen molar-refractivity contribution in [2.75, 3.05) is 6.54 Å². The normalized spacial score (nSPS) is 12.5. The van der Waals surface area contributed by atoms with Gasteiger partial charge >= 0.3 is 0 Å². The van der Waals surface area contributed by atoms with E-state index in [1.165, 1.54) is 22.1 Å². The van der Waals surface area contributed by atoms with E-state index in [9.17, 15) is 0 Å². The molecule has 2 aromatic heterocycles. The molecular formula is C19H20N6. The molecule has 25 heavy (non-hydrogen) atoms. The quantitative estimate of drug-likeness (QED) is 0.505. The summed E-state index contributed by atoms with van der Waals surface area (Å²) in [7, 11) is 0. The molecule has 2 aromatic carbocycles. The van der Waals surface area contributed by atoms with Gasteiger partial charge in [0.25, 0.3) is 0 Å². The molecule has 0 saturated carbocycles. The van der Waals surface area contributed by atoms with Gasteiger partial charge in [-0.3, -0.25) is 0 Å². The molecule has 0 saturated heterocycles. The van der Waals surface area contributed by atoms with Gasteiger partial charge in [0.2, 0.25) is 0 Å². The molecule has 6 nitrogen and oxygen atoms in total. The maximum Gasteiger partial charge on any atom is 0.156 e. The standard InChI is InChI=1S/C19H20N6/c20-9-8-15-12-21-18-7-6-14(11-16(15)18)17(19-22-24-25-23-19)10-13-4-2-1-3-5-13/h1-7,11-12,17,21H,8-10,20H2,(H,22,23,24,25). The summed E-state index contributed by atoms with van der Waals surface area (Å²) >= 11 is 0. The van der Waals surface area contributed by atoms with Crippen molar-refractivity contribution >= 4 is 10.9 Å². The van der Waals surface area contributed by atoms with Gasteiger partial charge in [0.15, 0.2) is 5.82 Å². The first kappa shape index (κ1) is 15.5. The highest BCUT2D eigenvalue weighted by atomic mass is 15.5. The zero-order valence-corrected chi connectivity index (χ0v) is 13.8. The predicted octanol–water partition coefficient (Wildman–Crippen LogP) is 2.56. The third-order valence-corrected chi connectivity index (χ3v) is 4.58. The fraction of sp³-hybridized carbons (Fsp3) is 0.211. The highest BCUT2D eigenvalue weighted by Gasteiger charge is 2.19. The van der Waals surface area contributed by atoms with Gasteiger partial charge in [-0.15, -0.1) is 5.10 Å². The topological polar surface area (TPSA) is 96.3 Å². The number of nitrogens with two attached hydrogens (primary N) is 1. The lowest BCUT2D eigenvalue weighted by atomic mass is 9.90. The van der Waals surface area contributed by atoms with Gasteiger partial charge in [0, 0.05) is 23.0 Å². The third kappa shape index (κ3) is 3.16. The summed E-state index contributed by atoms with van der Waals surface area (Å²) in [6.07, 6.45) is 3.74. The van der Waals surface area contributed by atoms with Crippen LogP contribution in [0.5, 0.6) is 0 Å². The average Bonchev–Trinajstić information content (AvgIpc) is 3.31. The zero-order valence-electron chi connectivity index (χ0n) is 13.8. The van der Waals surface area contributed by atoms with Gasteiger partial charge in [0.05, 0.1) is 0 Å². The molecule has 126 valence electrons. The summed E-state index contributed by atoms with van der Waals surface area (Å²) in [5.41, 5.74) is 10.6. The van der Waals surface area contributed by atoms with Crippen LogP contribution in [0.15, 0.2) is 54.7 Å². The molecule has 2 heterocycles. The summed E-state index contributed by atoms with van der Waals surface area (Å²) in [6.45, 7) is 0.636. The fourth-order valence-corrected chi connectivity index (χ4v) is 3.31. The molecule has 0 aliphatic heterocycles. The van der Waals surface area contributed by atoms with E-state index >= 15 is 0 Å². The minimum Gasteiger partial charge on any atom is -0.361 e. The van der Waals surface area contributed by atoms with E-state index in [2.05, 4.69) is 68.1 Å². The predicted molar refractivity (Wildman–Crippen MR) is 97.2 cm³/mol. The Morgan fingerprint density at radius 3 is 2.72 bits per heavy atom. The summed E-state index contributed by atoms with van der Waals surface area (Å²) in [6, 6.07) is 16.9. The molecular weight excluding hydrogens is 312 g/mol. The third-order valence-electron chi connectivity index (χ3n) is 4.58.